The van der Waals surface area contributed by atoms with Crippen molar-refractivity contribution in [2.75, 3.05) is 23.3 Å². The van der Waals surface area contributed by atoms with E-state index >= 15 is 0 Å². The minimum Gasteiger partial charge on any atom is -0.357 e. The summed E-state index contributed by atoms with van der Waals surface area (Å²) in [5, 5.41) is 5.02. The smallest absolute Gasteiger partial charge is 0.274 e. The van der Waals surface area contributed by atoms with Crippen molar-refractivity contribution in [3.8, 4) is 0 Å². The minimum atomic E-state index is -0.311. The van der Waals surface area contributed by atoms with E-state index in [0.717, 1.165) is 29.5 Å². The van der Waals surface area contributed by atoms with Gasteiger partial charge in [-0.1, -0.05) is 36.4 Å². The van der Waals surface area contributed by atoms with Crippen LogP contribution in [0.5, 0.6) is 0 Å². The Balaban J connectivity index is 1.93. The van der Waals surface area contributed by atoms with Gasteiger partial charge in [0.1, 0.15) is 11.5 Å². The summed E-state index contributed by atoms with van der Waals surface area (Å²) >= 11 is 6.02. The fraction of sp³-hybridized carbons (Fsp3) is 0.211. The number of carbonyl (C=O) groups is 1. The van der Waals surface area contributed by atoms with Crippen molar-refractivity contribution in [2.45, 2.75) is 13.8 Å². The zero-order chi connectivity index (χ0) is 17.8. The first-order valence-electron chi connectivity index (χ1n) is 8.21. The molecule has 1 heterocycles. The molecular weight excluding hydrogens is 336 g/mol. The Morgan fingerprint density at radius 2 is 1.80 bits per heavy atom. The number of benzene rings is 2. The van der Waals surface area contributed by atoms with Crippen LogP contribution in [0.4, 0.5) is 11.5 Å². The molecule has 128 valence electrons. The fourth-order valence-electron chi connectivity index (χ4n) is 2.75. The van der Waals surface area contributed by atoms with Crippen molar-refractivity contribution in [3.63, 3.8) is 0 Å². The fourth-order valence-corrected chi connectivity index (χ4v) is 2.93. The Kier molecular flexibility index (Phi) is 5.14. The van der Waals surface area contributed by atoms with E-state index in [1.165, 1.54) is 0 Å². The molecule has 0 atom stereocenters. The monoisotopic (exact) mass is 354 g/mol. The van der Waals surface area contributed by atoms with Gasteiger partial charge in [0.15, 0.2) is 0 Å². The first-order chi connectivity index (χ1) is 12.1. The molecule has 0 spiro atoms. The molecule has 2 aromatic carbocycles. The Morgan fingerprint density at radius 1 is 1.08 bits per heavy atom. The van der Waals surface area contributed by atoms with Gasteiger partial charge in [-0.05, 0) is 36.9 Å². The summed E-state index contributed by atoms with van der Waals surface area (Å²) in [7, 11) is 0. The van der Waals surface area contributed by atoms with Crippen molar-refractivity contribution in [3.05, 3.63) is 59.5 Å². The summed E-state index contributed by atoms with van der Waals surface area (Å²) in [6.45, 7) is 5.59. The summed E-state index contributed by atoms with van der Waals surface area (Å²) in [6.07, 6.45) is 0. The summed E-state index contributed by atoms with van der Waals surface area (Å²) < 4.78 is 0. The highest BCUT2D eigenvalue weighted by Gasteiger charge is 2.15. The normalized spacial score (nSPS) is 10.7. The third-order valence-electron chi connectivity index (χ3n) is 4.04. The van der Waals surface area contributed by atoms with E-state index in [-0.39, 0.29) is 16.9 Å². The van der Waals surface area contributed by atoms with Gasteiger partial charge in [-0.25, -0.2) is 9.97 Å². The van der Waals surface area contributed by atoms with E-state index in [2.05, 4.69) is 15.3 Å². The number of carbonyl (C=O) groups excluding carboxylic acids is 1. The van der Waals surface area contributed by atoms with Crippen molar-refractivity contribution >= 4 is 39.8 Å². The van der Waals surface area contributed by atoms with E-state index in [4.69, 9.17) is 11.6 Å². The largest absolute Gasteiger partial charge is 0.357 e. The average Bonchev–Trinajstić information content (AvgIpc) is 2.62. The van der Waals surface area contributed by atoms with Gasteiger partial charge >= 0.3 is 0 Å². The van der Waals surface area contributed by atoms with E-state index < -0.39 is 0 Å². The quantitative estimate of drug-likeness (QED) is 0.691. The highest BCUT2D eigenvalue weighted by atomic mass is 35.5. The topological polar surface area (TPSA) is 58.1 Å². The molecule has 0 radical (unpaired) electrons. The molecule has 1 aromatic heterocycles. The maximum Gasteiger partial charge on any atom is 0.274 e. The summed E-state index contributed by atoms with van der Waals surface area (Å²) in [5.41, 5.74) is 0.983. The maximum absolute atomic E-state index is 12.7. The minimum absolute atomic E-state index is 0.0625. The van der Waals surface area contributed by atoms with Gasteiger partial charge in [-0.15, -0.1) is 0 Å². The molecule has 3 aromatic rings. The molecule has 0 saturated carbocycles. The van der Waals surface area contributed by atoms with Crippen molar-refractivity contribution in [1.82, 2.24) is 9.97 Å². The highest BCUT2D eigenvalue weighted by Crippen LogP contribution is 2.24. The van der Waals surface area contributed by atoms with Crippen LogP contribution >= 0.6 is 11.6 Å². The summed E-state index contributed by atoms with van der Waals surface area (Å²) in [5.74, 6) is 0.335. The predicted octanol–water partition coefficient (Wildman–Crippen LogP) is 4.38. The van der Waals surface area contributed by atoms with Crippen molar-refractivity contribution in [1.29, 1.82) is 0 Å². The average molecular weight is 355 g/mol. The van der Waals surface area contributed by atoms with Crippen LogP contribution in [0.1, 0.15) is 24.3 Å². The third kappa shape index (κ3) is 3.72. The number of aromatic nitrogens is 2. The molecule has 0 unspecified atom stereocenters. The molecular formula is C19H19ClN4O. The van der Waals surface area contributed by atoms with Gasteiger partial charge in [0.05, 0.1) is 0 Å². The van der Waals surface area contributed by atoms with Gasteiger partial charge in [0.2, 0.25) is 5.28 Å². The number of rotatable bonds is 5. The van der Waals surface area contributed by atoms with E-state index in [1.807, 2.05) is 61.2 Å². The zero-order valence-corrected chi connectivity index (χ0v) is 14.9. The van der Waals surface area contributed by atoms with Gasteiger partial charge < -0.3 is 10.2 Å². The maximum atomic E-state index is 12.7. The SMILES string of the molecule is CCN(CC)c1cc(C(=O)Nc2cccc3ccccc23)nc(Cl)n1. The van der Waals surface area contributed by atoms with E-state index in [0.29, 0.717) is 5.82 Å². The van der Waals surface area contributed by atoms with Crippen LogP contribution in [0.3, 0.4) is 0 Å². The van der Waals surface area contributed by atoms with Gasteiger partial charge in [0.25, 0.3) is 5.91 Å². The molecule has 6 heteroatoms. The van der Waals surface area contributed by atoms with E-state index in [1.54, 1.807) is 6.07 Å². The summed E-state index contributed by atoms with van der Waals surface area (Å²) in [6, 6.07) is 15.3. The molecule has 0 fully saturated rings. The number of halogens is 1. The lowest BCUT2D eigenvalue weighted by atomic mass is 10.1. The van der Waals surface area contributed by atoms with E-state index in [9.17, 15) is 4.79 Å². The number of anilines is 2. The number of amides is 1. The Bertz CT molecular complexity index is 904. The molecule has 0 aliphatic carbocycles. The first kappa shape index (κ1) is 17.2. The Hall–Kier alpha value is -2.66. The second kappa shape index (κ2) is 7.49. The lowest BCUT2D eigenvalue weighted by Crippen LogP contribution is -2.24. The van der Waals surface area contributed by atoms with Crippen LogP contribution in [-0.2, 0) is 0 Å². The van der Waals surface area contributed by atoms with Crippen LogP contribution in [0, 0.1) is 0 Å². The lowest BCUT2D eigenvalue weighted by Gasteiger charge is -2.20. The molecule has 5 nitrogen and oxygen atoms in total. The van der Waals surface area contributed by atoms with Crippen molar-refractivity contribution < 1.29 is 4.79 Å². The molecule has 3 rings (SSSR count). The molecule has 0 aliphatic rings. The number of nitrogens with one attached hydrogen (secondary N) is 1. The molecule has 1 N–H and O–H groups in total. The highest BCUT2D eigenvalue weighted by molar-refractivity contribution is 6.28. The van der Waals surface area contributed by atoms with Gasteiger partial charge in [-0.2, -0.15) is 0 Å². The Morgan fingerprint density at radius 3 is 2.56 bits per heavy atom. The number of hydrogen-bond acceptors (Lipinski definition) is 4. The summed E-state index contributed by atoms with van der Waals surface area (Å²) in [4.78, 5) is 23.0. The Labute approximate surface area is 151 Å². The number of fused-ring (bicyclic) bond motifs is 1. The third-order valence-corrected chi connectivity index (χ3v) is 4.21. The van der Waals surface area contributed by atoms with Crippen molar-refractivity contribution in [2.24, 2.45) is 0 Å². The zero-order valence-electron chi connectivity index (χ0n) is 14.2. The first-order valence-corrected chi connectivity index (χ1v) is 8.58. The van der Waals surface area contributed by atoms with Crippen LogP contribution in [0.2, 0.25) is 5.28 Å². The van der Waals surface area contributed by atoms with Crippen LogP contribution in [-0.4, -0.2) is 29.0 Å². The van der Waals surface area contributed by atoms with Crippen LogP contribution in [0.25, 0.3) is 10.8 Å². The second-order valence-corrected chi connectivity index (χ2v) is 5.87. The molecule has 25 heavy (non-hydrogen) atoms. The molecule has 0 saturated heterocycles. The van der Waals surface area contributed by atoms with Gasteiger partial charge in [-0.3, -0.25) is 4.79 Å². The standard InChI is InChI=1S/C19H19ClN4O/c1-3-24(4-2)17-12-16(22-19(20)23-17)18(25)21-15-11-7-9-13-8-5-6-10-14(13)15/h5-12H,3-4H2,1-2H3,(H,21,25). The molecule has 0 bridgehead atoms. The van der Waals surface area contributed by atoms with Gasteiger partial charge in [0, 0.05) is 30.2 Å². The predicted molar refractivity (Wildman–Crippen MR) is 103 cm³/mol. The number of nitrogens with zero attached hydrogens (tertiary/aromatic N) is 3. The molecule has 1 amide bonds. The van der Waals surface area contributed by atoms with Crippen LogP contribution < -0.4 is 10.2 Å². The van der Waals surface area contributed by atoms with Crippen LogP contribution in [0.15, 0.2) is 48.5 Å². The second-order valence-electron chi connectivity index (χ2n) is 5.53. The lowest BCUT2D eigenvalue weighted by molar-refractivity contribution is 0.102. The number of hydrogen-bond donors (Lipinski definition) is 1. The molecule has 0 aliphatic heterocycles.